The molecule has 3 rings (SSSR count). The Morgan fingerprint density at radius 3 is 3.05 bits per heavy atom. The molecule has 2 bridgehead atoms. The molecule has 4 atom stereocenters. The zero-order valence-electron chi connectivity index (χ0n) is 11.4. The Hall–Kier alpha value is -1.13. The summed E-state index contributed by atoms with van der Waals surface area (Å²) in [6.07, 6.45) is 8.84. The van der Waals surface area contributed by atoms with E-state index in [1.54, 1.807) is 6.20 Å². The summed E-state index contributed by atoms with van der Waals surface area (Å²) >= 11 is 0. The fourth-order valence-corrected chi connectivity index (χ4v) is 3.22. The van der Waals surface area contributed by atoms with Crippen molar-refractivity contribution >= 4 is 0 Å². The number of ether oxygens (including phenoxy) is 2. The van der Waals surface area contributed by atoms with E-state index >= 15 is 0 Å². The number of nitrogens with zero attached hydrogens (tertiary/aromatic N) is 1. The number of hydrogen-bond acceptors (Lipinski definition) is 4. The van der Waals surface area contributed by atoms with Crippen molar-refractivity contribution < 1.29 is 9.47 Å². The van der Waals surface area contributed by atoms with Crippen molar-refractivity contribution in [3.8, 4) is 5.75 Å². The Morgan fingerprint density at radius 2 is 2.37 bits per heavy atom. The van der Waals surface area contributed by atoms with Gasteiger partial charge in [0.1, 0.15) is 5.75 Å². The zero-order chi connectivity index (χ0) is 13.2. The van der Waals surface area contributed by atoms with Crippen LogP contribution in [0.4, 0.5) is 0 Å². The van der Waals surface area contributed by atoms with Crippen molar-refractivity contribution in [2.45, 2.75) is 50.9 Å². The maximum Gasteiger partial charge on any atom is 0.137 e. The monoisotopic (exact) mass is 262 g/mol. The third-order valence-electron chi connectivity index (χ3n) is 4.21. The number of pyridine rings is 1. The molecular weight excluding hydrogens is 240 g/mol. The Morgan fingerprint density at radius 1 is 1.47 bits per heavy atom. The maximum absolute atomic E-state index is 6.41. The highest BCUT2D eigenvalue weighted by Gasteiger charge is 2.43. The number of nitrogens with two attached hydrogens (primary N) is 1. The number of rotatable bonds is 5. The fourth-order valence-electron chi connectivity index (χ4n) is 3.22. The average Bonchev–Trinajstić information content (AvgIpc) is 3.07. The highest BCUT2D eigenvalue weighted by Crippen LogP contribution is 2.43. The summed E-state index contributed by atoms with van der Waals surface area (Å²) in [5.74, 6) is 1.25. The van der Waals surface area contributed by atoms with Gasteiger partial charge in [-0.25, -0.2) is 0 Å². The van der Waals surface area contributed by atoms with Gasteiger partial charge in [0, 0.05) is 18.2 Å². The van der Waals surface area contributed by atoms with Crippen LogP contribution in [0.15, 0.2) is 18.5 Å². The minimum atomic E-state index is 0.00739. The molecule has 104 valence electrons. The quantitative estimate of drug-likeness (QED) is 0.885. The summed E-state index contributed by atoms with van der Waals surface area (Å²) in [5.41, 5.74) is 7.47. The molecule has 4 heteroatoms. The molecule has 2 N–H and O–H groups in total. The lowest BCUT2D eigenvalue weighted by Crippen LogP contribution is -2.29. The third-order valence-corrected chi connectivity index (χ3v) is 4.21. The van der Waals surface area contributed by atoms with Crippen LogP contribution < -0.4 is 10.5 Å². The first kappa shape index (κ1) is 12.9. The zero-order valence-corrected chi connectivity index (χ0v) is 11.4. The number of fused-ring (bicyclic) bond motifs is 2. The van der Waals surface area contributed by atoms with E-state index in [4.69, 9.17) is 15.2 Å². The average molecular weight is 262 g/mol. The van der Waals surface area contributed by atoms with E-state index in [0.29, 0.717) is 18.1 Å². The Labute approximate surface area is 114 Å². The van der Waals surface area contributed by atoms with Gasteiger partial charge in [0.15, 0.2) is 0 Å². The van der Waals surface area contributed by atoms with Gasteiger partial charge in [-0.1, -0.05) is 6.92 Å². The van der Waals surface area contributed by atoms with Gasteiger partial charge in [-0.05, 0) is 37.3 Å². The van der Waals surface area contributed by atoms with Gasteiger partial charge in [-0.3, -0.25) is 4.98 Å². The Balaban J connectivity index is 1.70. The van der Waals surface area contributed by atoms with Gasteiger partial charge in [0.05, 0.1) is 25.0 Å². The van der Waals surface area contributed by atoms with Crippen LogP contribution in [0, 0.1) is 5.92 Å². The smallest absolute Gasteiger partial charge is 0.137 e. The normalized spacial score (nSPS) is 30.5. The van der Waals surface area contributed by atoms with Crippen LogP contribution in [0.2, 0.25) is 0 Å². The molecule has 4 unspecified atom stereocenters. The predicted molar refractivity (Wildman–Crippen MR) is 73.0 cm³/mol. The Kier molecular flexibility index (Phi) is 3.71. The predicted octanol–water partition coefficient (Wildman–Crippen LogP) is 2.44. The van der Waals surface area contributed by atoms with Crippen molar-refractivity contribution in [2.75, 3.05) is 6.61 Å². The molecule has 2 fully saturated rings. The summed E-state index contributed by atoms with van der Waals surface area (Å²) in [4.78, 5) is 4.25. The summed E-state index contributed by atoms with van der Waals surface area (Å²) < 4.78 is 11.5. The molecule has 1 aromatic rings. The van der Waals surface area contributed by atoms with E-state index in [9.17, 15) is 0 Å². The largest absolute Gasteiger partial charge is 0.492 e. The van der Waals surface area contributed by atoms with E-state index in [2.05, 4.69) is 11.9 Å². The number of hydrogen-bond donors (Lipinski definition) is 1. The maximum atomic E-state index is 6.41. The first-order valence-electron chi connectivity index (χ1n) is 7.26. The molecule has 0 spiro atoms. The topological polar surface area (TPSA) is 57.4 Å². The second-order valence-corrected chi connectivity index (χ2v) is 5.60. The van der Waals surface area contributed by atoms with E-state index in [1.165, 1.54) is 6.42 Å². The molecule has 2 saturated heterocycles. The van der Waals surface area contributed by atoms with E-state index < -0.39 is 0 Å². The van der Waals surface area contributed by atoms with Gasteiger partial charge in [-0.2, -0.15) is 0 Å². The van der Waals surface area contributed by atoms with Crippen LogP contribution in [-0.4, -0.2) is 23.8 Å². The first-order chi connectivity index (χ1) is 9.28. The molecular formula is C15H22N2O2. The van der Waals surface area contributed by atoms with Crippen LogP contribution >= 0.6 is 0 Å². The summed E-state index contributed by atoms with van der Waals surface area (Å²) in [6, 6.07) is 2.03. The van der Waals surface area contributed by atoms with Crippen molar-refractivity contribution in [1.29, 1.82) is 0 Å². The van der Waals surface area contributed by atoms with Crippen molar-refractivity contribution in [3.05, 3.63) is 24.0 Å². The van der Waals surface area contributed by atoms with Gasteiger partial charge in [0.25, 0.3) is 0 Å². The lowest BCUT2D eigenvalue weighted by atomic mass is 9.82. The lowest BCUT2D eigenvalue weighted by Gasteiger charge is -2.25. The Bertz CT molecular complexity index is 438. The van der Waals surface area contributed by atoms with E-state index in [1.807, 2.05) is 12.3 Å². The van der Waals surface area contributed by atoms with Crippen molar-refractivity contribution in [1.82, 2.24) is 4.98 Å². The van der Waals surface area contributed by atoms with Crippen LogP contribution in [0.3, 0.4) is 0 Å². The molecule has 4 nitrogen and oxygen atoms in total. The molecule has 19 heavy (non-hydrogen) atoms. The minimum absolute atomic E-state index is 0.00739. The molecule has 0 radical (unpaired) electrons. The summed E-state index contributed by atoms with van der Waals surface area (Å²) in [6.45, 7) is 2.81. The third kappa shape index (κ3) is 2.60. The fraction of sp³-hybridized carbons (Fsp3) is 0.667. The molecule has 0 aromatic carbocycles. The first-order valence-corrected chi connectivity index (χ1v) is 7.26. The van der Waals surface area contributed by atoms with Crippen LogP contribution in [0.25, 0.3) is 0 Å². The minimum Gasteiger partial charge on any atom is -0.492 e. The van der Waals surface area contributed by atoms with E-state index in [0.717, 1.165) is 37.2 Å². The summed E-state index contributed by atoms with van der Waals surface area (Å²) in [5, 5.41) is 0. The molecule has 0 saturated carbocycles. The standard InChI is InChI=1S/C15H22N2O2/c1-2-5-18-12-6-10(8-17-9-12)15(16)13-7-11-3-4-14(13)19-11/h6,8-9,11,13-15H,2-5,7,16H2,1H3. The molecule has 3 heterocycles. The van der Waals surface area contributed by atoms with E-state index in [-0.39, 0.29) is 6.04 Å². The molecule has 2 aliphatic heterocycles. The van der Waals surface area contributed by atoms with Gasteiger partial charge in [-0.15, -0.1) is 0 Å². The molecule has 1 aromatic heterocycles. The lowest BCUT2D eigenvalue weighted by molar-refractivity contribution is 0.0884. The van der Waals surface area contributed by atoms with Gasteiger partial charge >= 0.3 is 0 Å². The second kappa shape index (κ2) is 5.47. The summed E-state index contributed by atoms with van der Waals surface area (Å²) in [7, 11) is 0. The van der Waals surface area contributed by atoms with Crippen LogP contribution in [-0.2, 0) is 4.74 Å². The van der Waals surface area contributed by atoms with Gasteiger partial charge in [0.2, 0.25) is 0 Å². The van der Waals surface area contributed by atoms with Crippen molar-refractivity contribution in [3.63, 3.8) is 0 Å². The van der Waals surface area contributed by atoms with Crippen LogP contribution in [0.1, 0.15) is 44.2 Å². The molecule has 2 aliphatic rings. The van der Waals surface area contributed by atoms with Crippen molar-refractivity contribution in [2.24, 2.45) is 11.7 Å². The SMILES string of the molecule is CCCOc1cncc(C(N)C2CC3CCC2O3)c1. The van der Waals surface area contributed by atoms with Crippen LogP contribution in [0.5, 0.6) is 5.75 Å². The van der Waals surface area contributed by atoms with Gasteiger partial charge < -0.3 is 15.2 Å². The molecule has 0 amide bonds. The highest BCUT2D eigenvalue weighted by molar-refractivity contribution is 5.27. The number of aromatic nitrogens is 1. The highest BCUT2D eigenvalue weighted by atomic mass is 16.5. The molecule has 0 aliphatic carbocycles. The second-order valence-electron chi connectivity index (χ2n) is 5.60.